The largest absolute Gasteiger partial charge is 0.418 e. The first-order valence-corrected chi connectivity index (χ1v) is 7.42. The smallest absolute Gasteiger partial charge is 0.324 e. The van der Waals surface area contributed by atoms with Crippen LogP contribution < -0.4 is 5.32 Å². The van der Waals surface area contributed by atoms with Gasteiger partial charge in [0.2, 0.25) is 5.91 Å². The number of anilines is 1. The van der Waals surface area contributed by atoms with Crippen molar-refractivity contribution >= 4 is 11.6 Å². The van der Waals surface area contributed by atoms with E-state index in [4.69, 9.17) is 0 Å². The van der Waals surface area contributed by atoms with Crippen molar-refractivity contribution in [2.45, 2.75) is 6.18 Å². The number of piperazine rings is 1. The average Bonchev–Trinajstić information content (AvgIpc) is 2.49. The standard InChI is InChI=1S/C16H20F3N3O/c1-2-7-21-8-10-22(11-9-21)12-15(23)20-14-6-4-3-5-13(14)16(17,18)19/h2-6H,1,7-12H2,(H,20,23). The molecule has 1 aliphatic heterocycles. The Morgan fingerprint density at radius 1 is 1.17 bits per heavy atom. The van der Waals surface area contributed by atoms with Crippen LogP contribution in [0, 0.1) is 0 Å². The second-order valence-corrected chi connectivity index (χ2v) is 5.46. The van der Waals surface area contributed by atoms with Crippen molar-refractivity contribution in [2.75, 3.05) is 44.6 Å². The lowest BCUT2D eigenvalue weighted by molar-refractivity contribution is -0.137. The Kier molecular flexibility index (Phi) is 5.79. The van der Waals surface area contributed by atoms with Crippen molar-refractivity contribution in [1.29, 1.82) is 0 Å². The summed E-state index contributed by atoms with van der Waals surface area (Å²) in [5.41, 5.74) is -1.03. The van der Waals surface area contributed by atoms with Gasteiger partial charge >= 0.3 is 6.18 Å². The maximum absolute atomic E-state index is 12.9. The molecule has 0 aromatic heterocycles. The zero-order valence-electron chi connectivity index (χ0n) is 12.8. The summed E-state index contributed by atoms with van der Waals surface area (Å²) in [6.07, 6.45) is -2.66. The van der Waals surface area contributed by atoms with Gasteiger partial charge in [0.05, 0.1) is 17.8 Å². The van der Waals surface area contributed by atoms with Gasteiger partial charge in [0, 0.05) is 32.7 Å². The summed E-state index contributed by atoms with van der Waals surface area (Å²) in [4.78, 5) is 16.2. The van der Waals surface area contributed by atoms with Crippen LogP contribution >= 0.6 is 0 Å². The van der Waals surface area contributed by atoms with E-state index in [1.54, 1.807) is 0 Å². The lowest BCUT2D eigenvalue weighted by Gasteiger charge is -2.33. The molecule has 0 aliphatic carbocycles. The molecule has 4 nitrogen and oxygen atoms in total. The maximum Gasteiger partial charge on any atom is 0.418 e. The maximum atomic E-state index is 12.9. The fourth-order valence-electron chi connectivity index (χ4n) is 2.54. The highest BCUT2D eigenvalue weighted by Gasteiger charge is 2.33. The summed E-state index contributed by atoms with van der Waals surface area (Å²) >= 11 is 0. The van der Waals surface area contributed by atoms with Crippen LogP contribution in [-0.2, 0) is 11.0 Å². The summed E-state index contributed by atoms with van der Waals surface area (Å²) in [7, 11) is 0. The number of para-hydroxylation sites is 1. The number of halogens is 3. The van der Waals surface area contributed by atoms with Crippen LogP contribution in [0.25, 0.3) is 0 Å². The zero-order valence-corrected chi connectivity index (χ0v) is 12.8. The topological polar surface area (TPSA) is 35.6 Å². The number of hydrogen-bond acceptors (Lipinski definition) is 3. The molecule has 126 valence electrons. The quantitative estimate of drug-likeness (QED) is 0.844. The number of nitrogens with one attached hydrogen (secondary N) is 1. The summed E-state index contributed by atoms with van der Waals surface area (Å²) < 4.78 is 38.7. The molecule has 0 saturated carbocycles. The van der Waals surface area contributed by atoms with E-state index in [1.807, 2.05) is 11.0 Å². The zero-order chi connectivity index (χ0) is 16.9. The predicted octanol–water partition coefficient (Wildman–Crippen LogP) is 2.45. The van der Waals surface area contributed by atoms with Gasteiger partial charge in [-0.15, -0.1) is 6.58 Å². The van der Waals surface area contributed by atoms with E-state index < -0.39 is 17.6 Å². The Balaban J connectivity index is 1.90. The molecule has 1 N–H and O–H groups in total. The first-order chi connectivity index (χ1) is 10.9. The molecule has 1 fully saturated rings. The van der Waals surface area contributed by atoms with E-state index in [0.29, 0.717) is 13.1 Å². The molecule has 1 aliphatic rings. The van der Waals surface area contributed by atoms with Crippen molar-refractivity contribution in [3.8, 4) is 0 Å². The molecule has 1 aromatic rings. The molecular weight excluding hydrogens is 307 g/mol. The highest BCUT2D eigenvalue weighted by atomic mass is 19.4. The van der Waals surface area contributed by atoms with Crippen molar-refractivity contribution in [3.63, 3.8) is 0 Å². The molecule has 0 atom stereocenters. The van der Waals surface area contributed by atoms with Gasteiger partial charge < -0.3 is 5.32 Å². The fraction of sp³-hybridized carbons (Fsp3) is 0.438. The van der Waals surface area contributed by atoms with Gasteiger partial charge in [-0.2, -0.15) is 13.2 Å². The van der Waals surface area contributed by atoms with Crippen molar-refractivity contribution in [2.24, 2.45) is 0 Å². The molecule has 2 rings (SSSR count). The summed E-state index contributed by atoms with van der Waals surface area (Å²) in [6, 6.07) is 5.00. The number of hydrogen-bond donors (Lipinski definition) is 1. The normalized spacial score (nSPS) is 17.0. The molecule has 0 bridgehead atoms. The fourth-order valence-corrected chi connectivity index (χ4v) is 2.54. The molecule has 1 aromatic carbocycles. The number of rotatable bonds is 5. The van der Waals surface area contributed by atoms with Crippen LogP contribution in [0.15, 0.2) is 36.9 Å². The Morgan fingerprint density at radius 2 is 1.78 bits per heavy atom. The molecule has 1 amide bonds. The SMILES string of the molecule is C=CCN1CCN(CC(=O)Nc2ccccc2C(F)(F)F)CC1. The van der Waals surface area contributed by atoms with E-state index in [2.05, 4.69) is 16.8 Å². The molecule has 0 spiro atoms. The van der Waals surface area contributed by atoms with Gasteiger partial charge in [0.25, 0.3) is 0 Å². The molecule has 1 heterocycles. The molecule has 7 heteroatoms. The molecule has 1 saturated heterocycles. The van der Waals surface area contributed by atoms with E-state index in [9.17, 15) is 18.0 Å². The van der Waals surface area contributed by atoms with Crippen molar-refractivity contribution in [3.05, 3.63) is 42.5 Å². The predicted molar refractivity (Wildman–Crippen MR) is 83.2 cm³/mol. The highest BCUT2D eigenvalue weighted by molar-refractivity contribution is 5.93. The summed E-state index contributed by atoms with van der Waals surface area (Å²) in [6.45, 7) is 7.64. The van der Waals surface area contributed by atoms with Gasteiger partial charge in [-0.1, -0.05) is 18.2 Å². The number of benzene rings is 1. The van der Waals surface area contributed by atoms with Crippen LogP contribution in [-0.4, -0.2) is 55.0 Å². The van der Waals surface area contributed by atoms with Gasteiger partial charge in [0.1, 0.15) is 0 Å². The van der Waals surface area contributed by atoms with Gasteiger partial charge in [-0.05, 0) is 12.1 Å². The third-order valence-corrected chi connectivity index (χ3v) is 3.73. The minimum atomic E-state index is -4.49. The second-order valence-electron chi connectivity index (χ2n) is 5.46. The lowest BCUT2D eigenvalue weighted by Crippen LogP contribution is -2.48. The summed E-state index contributed by atoms with van der Waals surface area (Å²) in [5.74, 6) is -0.432. The third kappa shape index (κ3) is 5.07. The van der Waals surface area contributed by atoms with E-state index in [0.717, 1.165) is 25.7 Å². The third-order valence-electron chi connectivity index (χ3n) is 3.73. The van der Waals surface area contributed by atoms with Crippen molar-refractivity contribution in [1.82, 2.24) is 9.80 Å². The monoisotopic (exact) mass is 327 g/mol. The Hall–Kier alpha value is -1.86. The second kappa shape index (κ2) is 7.61. The summed E-state index contributed by atoms with van der Waals surface area (Å²) in [5, 5.41) is 2.37. The lowest BCUT2D eigenvalue weighted by atomic mass is 10.1. The molecule has 23 heavy (non-hydrogen) atoms. The van der Waals surface area contributed by atoms with Crippen LogP contribution in [0.1, 0.15) is 5.56 Å². The number of carbonyl (C=O) groups is 1. The minimum absolute atomic E-state index is 0.0914. The van der Waals surface area contributed by atoms with Crippen LogP contribution in [0.5, 0.6) is 0 Å². The molecular formula is C16H20F3N3O. The Bertz CT molecular complexity index is 552. The van der Waals surface area contributed by atoms with Gasteiger partial charge in [-0.25, -0.2) is 0 Å². The Labute approximate surface area is 133 Å². The Morgan fingerprint density at radius 3 is 2.39 bits per heavy atom. The molecule has 0 radical (unpaired) electrons. The van der Waals surface area contributed by atoms with Crippen LogP contribution in [0.2, 0.25) is 0 Å². The van der Waals surface area contributed by atoms with Gasteiger partial charge in [0.15, 0.2) is 0 Å². The molecule has 0 unspecified atom stereocenters. The number of amides is 1. The average molecular weight is 327 g/mol. The van der Waals surface area contributed by atoms with E-state index in [-0.39, 0.29) is 12.2 Å². The van der Waals surface area contributed by atoms with Crippen LogP contribution in [0.4, 0.5) is 18.9 Å². The minimum Gasteiger partial charge on any atom is -0.324 e. The number of carbonyl (C=O) groups excluding carboxylic acids is 1. The first kappa shape index (κ1) is 17.5. The highest BCUT2D eigenvalue weighted by Crippen LogP contribution is 2.34. The van der Waals surface area contributed by atoms with Crippen LogP contribution in [0.3, 0.4) is 0 Å². The van der Waals surface area contributed by atoms with E-state index >= 15 is 0 Å². The van der Waals surface area contributed by atoms with E-state index in [1.165, 1.54) is 18.2 Å². The number of nitrogens with zero attached hydrogens (tertiary/aromatic N) is 2. The van der Waals surface area contributed by atoms with Crippen molar-refractivity contribution < 1.29 is 18.0 Å². The first-order valence-electron chi connectivity index (χ1n) is 7.42. The number of alkyl halides is 3. The van der Waals surface area contributed by atoms with Gasteiger partial charge in [-0.3, -0.25) is 14.6 Å².